The molecule has 0 bridgehead atoms. The Morgan fingerprint density at radius 2 is 2.54 bits per heavy atom. The van der Waals surface area contributed by atoms with Gasteiger partial charge in [0.25, 0.3) is 0 Å². The Morgan fingerprint density at radius 1 is 1.77 bits per heavy atom. The van der Waals surface area contributed by atoms with Crippen molar-refractivity contribution in [2.24, 2.45) is 5.73 Å². The number of pyridine rings is 1. The molecule has 1 aromatic rings. The summed E-state index contributed by atoms with van der Waals surface area (Å²) in [6.07, 6.45) is 3.48. The summed E-state index contributed by atoms with van der Waals surface area (Å²) in [6.45, 7) is 2.15. The van der Waals surface area contributed by atoms with Gasteiger partial charge in [-0.1, -0.05) is 6.07 Å². The monoisotopic (exact) mass is 179 g/mol. The van der Waals surface area contributed by atoms with Crippen LogP contribution in [0.1, 0.15) is 18.5 Å². The molecule has 3 N–H and O–H groups in total. The Labute approximate surface area is 77.2 Å². The number of nitrogens with zero attached hydrogens (tertiary/aromatic N) is 1. The third-order valence-corrected chi connectivity index (χ3v) is 1.77. The average Bonchev–Trinajstić information content (AvgIpc) is 2.15. The zero-order valence-electron chi connectivity index (χ0n) is 7.53. The van der Waals surface area contributed by atoms with E-state index in [0.29, 0.717) is 0 Å². The molecule has 0 aliphatic carbocycles. The van der Waals surface area contributed by atoms with Crippen molar-refractivity contribution < 1.29 is 4.79 Å². The SMILES string of the molecule is C[C@@H](NCC(N)=O)c1cccnc1. The second kappa shape index (κ2) is 4.57. The lowest BCUT2D eigenvalue weighted by Crippen LogP contribution is -2.30. The third-order valence-electron chi connectivity index (χ3n) is 1.77. The first-order chi connectivity index (χ1) is 6.20. The minimum absolute atomic E-state index is 0.0983. The highest BCUT2D eigenvalue weighted by Crippen LogP contribution is 2.08. The molecule has 70 valence electrons. The summed E-state index contributed by atoms with van der Waals surface area (Å²) < 4.78 is 0. The van der Waals surface area contributed by atoms with E-state index in [4.69, 9.17) is 5.73 Å². The van der Waals surface area contributed by atoms with Crippen molar-refractivity contribution >= 4 is 5.91 Å². The maximum atomic E-state index is 10.5. The quantitative estimate of drug-likeness (QED) is 0.694. The molecular formula is C9H13N3O. The van der Waals surface area contributed by atoms with Gasteiger partial charge in [0.05, 0.1) is 6.54 Å². The number of rotatable bonds is 4. The highest BCUT2D eigenvalue weighted by molar-refractivity contribution is 5.75. The zero-order valence-corrected chi connectivity index (χ0v) is 7.53. The Bertz CT molecular complexity index is 273. The van der Waals surface area contributed by atoms with Crippen molar-refractivity contribution in [3.05, 3.63) is 30.1 Å². The first-order valence-electron chi connectivity index (χ1n) is 4.12. The molecule has 0 saturated carbocycles. The van der Waals surface area contributed by atoms with E-state index in [1.165, 1.54) is 0 Å². The molecule has 4 heteroatoms. The minimum Gasteiger partial charge on any atom is -0.369 e. The summed E-state index contributed by atoms with van der Waals surface area (Å²) in [6, 6.07) is 3.91. The average molecular weight is 179 g/mol. The molecule has 0 aromatic carbocycles. The van der Waals surface area contributed by atoms with Gasteiger partial charge in [-0.05, 0) is 18.6 Å². The zero-order chi connectivity index (χ0) is 9.68. The summed E-state index contributed by atoms with van der Waals surface area (Å²) in [4.78, 5) is 14.5. The minimum atomic E-state index is -0.351. The van der Waals surface area contributed by atoms with E-state index in [1.807, 2.05) is 19.1 Å². The van der Waals surface area contributed by atoms with E-state index in [2.05, 4.69) is 10.3 Å². The summed E-state index contributed by atoms with van der Waals surface area (Å²) in [5, 5.41) is 2.98. The van der Waals surface area contributed by atoms with Crippen molar-refractivity contribution in [1.29, 1.82) is 0 Å². The summed E-state index contributed by atoms with van der Waals surface area (Å²) in [5.74, 6) is -0.351. The molecule has 1 atom stereocenters. The largest absolute Gasteiger partial charge is 0.369 e. The second-order valence-electron chi connectivity index (χ2n) is 2.86. The van der Waals surface area contributed by atoms with Crippen LogP contribution in [0.5, 0.6) is 0 Å². The van der Waals surface area contributed by atoms with Crippen LogP contribution in [0.25, 0.3) is 0 Å². The smallest absolute Gasteiger partial charge is 0.231 e. The van der Waals surface area contributed by atoms with Gasteiger partial charge in [0.1, 0.15) is 0 Å². The first-order valence-corrected chi connectivity index (χ1v) is 4.12. The van der Waals surface area contributed by atoms with Crippen LogP contribution in [0.3, 0.4) is 0 Å². The lowest BCUT2D eigenvalue weighted by atomic mass is 10.1. The fourth-order valence-corrected chi connectivity index (χ4v) is 1.00. The maximum Gasteiger partial charge on any atom is 0.231 e. The van der Waals surface area contributed by atoms with Gasteiger partial charge in [0.2, 0.25) is 5.91 Å². The molecule has 0 fully saturated rings. The number of aromatic nitrogens is 1. The standard InChI is InChI=1S/C9H13N3O/c1-7(12-6-9(10)13)8-3-2-4-11-5-8/h2-5,7,12H,6H2,1H3,(H2,10,13)/t7-/m1/s1. The first kappa shape index (κ1) is 9.67. The van der Waals surface area contributed by atoms with Crippen molar-refractivity contribution in [2.75, 3.05) is 6.54 Å². The molecule has 0 radical (unpaired) electrons. The summed E-state index contributed by atoms with van der Waals surface area (Å²) >= 11 is 0. The van der Waals surface area contributed by atoms with Crippen molar-refractivity contribution in [3.63, 3.8) is 0 Å². The van der Waals surface area contributed by atoms with Crippen LogP contribution in [0.15, 0.2) is 24.5 Å². The molecule has 0 aliphatic rings. The maximum absolute atomic E-state index is 10.5. The van der Waals surface area contributed by atoms with E-state index in [1.54, 1.807) is 12.4 Å². The van der Waals surface area contributed by atoms with Crippen LogP contribution in [0, 0.1) is 0 Å². The van der Waals surface area contributed by atoms with Gasteiger partial charge in [-0.25, -0.2) is 0 Å². The lowest BCUT2D eigenvalue weighted by molar-refractivity contribution is -0.117. The molecule has 0 unspecified atom stereocenters. The summed E-state index contributed by atoms with van der Waals surface area (Å²) in [5.41, 5.74) is 6.05. The number of nitrogens with two attached hydrogens (primary N) is 1. The predicted octanol–water partition coefficient (Wildman–Crippen LogP) is 0.217. The third kappa shape index (κ3) is 3.21. The van der Waals surface area contributed by atoms with Gasteiger partial charge in [-0.2, -0.15) is 0 Å². The Hall–Kier alpha value is -1.42. The van der Waals surface area contributed by atoms with E-state index in [9.17, 15) is 4.79 Å². The Morgan fingerprint density at radius 3 is 3.08 bits per heavy atom. The van der Waals surface area contributed by atoms with Crippen LogP contribution in [-0.2, 0) is 4.79 Å². The van der Waals surface area contributed by atoms with E-state index < -0.39 is 0 Å². The van der Waals surface area contributed by atoms with Gasteiger partial charge in [-0.15, -0.1) is 0 Å². The van der Waals surface area contributed by atoms with Gasteiger partial charge in [-0.3, -0.25) is 9.78 Å². The van der Waals surface area contributed by atoms with Gasteiger partial charge in [0, 0.05) is 18.4 Å². The van der Waals surface area contributed by atoms with Crippen LogP contribution < -0.4 is 11.1 Å². The molecule has 4 nitrogen and oxygen atoms in total. The number of hydrogen-bond acceptors (Lipinski definition) is 3. The van der Waals surface area contributed by atoms with E-state index in [0.717, 1.165) is 5.56 Å². The van der Waals surface area contributed by atoms with Crippen LogP contribution in [0.4, 0.5) is 0 Å². The van der Waals surface area contributed by atoms with E-state index >= 15 is 0 Å². The Kier molecular flexibility index (Phi) is 3.40. The molecule has 1 amide bonds. The molecule has 1 rings (SSSR count). The highest BCUT2D eigenvalue weighted by Gasteiger charge is 2.04. The van der Waals surface area contributed by atoms with Gasteiger partial charge in [0.15, 0.2) is 0 Å². The number of carbonyl (C=O) groups is 1. The number of nitrogens with one attached hydrogen (secondary N) is 1. The number of hydrogen-bond donors (Lipinski definition) is 2. The fraction of sp³-hybridized carbons (Fsp3) is 0.333. The van der Waals surface area contributed by atoms with Crippen molar-refractivity contribution in [1.82, 2.24) is 10.3 Å². The van der Waals surface area contributed by atoms with Crippen LogP contribution in [-0.4, -0.2) is 17.4 Å². The fourth-order valence-electron chi connectivity index (χ4n) is 1.00. The topological polar surface area (TPSA) is 68.0 Å². The number of amides is 1. The molecule has 1 aromatic heterocycles. The molecule has 0 aliphatic heterocycles. The molecule has 1 heterocycles. The highest BCUT2D eigenvalue weighted by atomic mass is 16.1. The van der Waals surface area contributed by atoms with Crippen LogP contribution in [0.2, 0.25) is 0 Å². The number of carbonyl (C=O) groups excluding carboxylic acids is 1. The number of primary amides is 1. The summed E-state index contributed by atoms with van der Waals surface area (Å²) in [7, 11) is 0. The Balaban J connectivity index is 2.49. The van der Waals surface area contributed by atoms with Gasteiger partial charge < -0.3 is 11.1 Å². The lowest BCUT2D eigenvalue weighted by Gasteiger charge is -2.11. The second-order valence-corrected chi connectivity index (χ2v) is 2.86. The molecular weight excluding hydrogens is 166 g/mol. The molecule has 0 spiro atoms. The predicted molar refractivity (Wildman–Crippen MR) is 49.8 cm³/mol. The van der Waals surface area contributed by atoms with Crippen molar-refractivity contribution in [2.45, 2.75) is 13.0 Å². The van der Waals surface area contributed by atoms with E-state index in [-0.39, 0.29) is 18.5 Å². The normalized spacial score (nSPS) is 12.4. The molecule has 0 saturated heterocycles. The van der Waals surface area contributed by atoms with Crippen molar-refractivity contribution in [3.8, 4) is 0 Å². The molecule has 13 heavy (non-hydrogen) atoms. The van der Waals surface area contributed by atoms with Crippen LogP contribution >= 0.6 is 0 Å². The van der Waals surface area contributed by atoms with Gasteiger partial charge >= 0.3 is 0 Å².